The maximum atomic E-state index is 12.9. The summed E-state index contributed by atoms with van der Waals surface area (Å²) in [6, 6.07) is 1.00. The number of carbonyl (C=O) groups excluding carboxylic acids is 8. The largest absolute Gasteiger partial charge is 0.507 e. The lowest BCUT2D eigenvalue weighted by molar-refractivity contribution is -0.266. The van der Waals surface area contributed by atoms with Gasteiger partial charge in [-0.25, -0.2) is 4.79 Å². The number of aliphatic carboxylic acids is 1. The van der Waals surface area contributed by atoms with Crippen LogP contribution in [0.2, 0.25) is 0 Å². The number of imide groups is 1. The zero-order valence-electron chi connectivity index (χ0n) is 59.2. The van der Waals surface area contributed by atoms with E-state index < -0.39 is 109 Å². The predicted octanol–water partition coefficient (Wildman–Crippen LogP) is 4.17. The number of phenols is 2. The van der Waals surface area contributed by atoms with Crippen molar-refractivity contribution in [2.75, 3.05) is 33.3 Å². The Bertz CT molecular complexity index is 3170. The molecule has 3 fully saturated rings. The molecular formula is C71H111N9O20. The minimum absolute atomic E-state index is 0.0393. The normalized spacial score (nSPS) is 21.9. The highest BCUT2D eigenvalue weighted by atomic mass is 16.6. The van der Waals surface area contributed by atoms with Crippen LogP contribution in [0, 0.1) is 6.92 Å². The molecule has 1 aromatic carbocycles. The fraction of sp³-hybridized carbons (Fsp3) is 0.676. The number of carboxylic acid groups (broad SMARTS) is 1. The smallest absolute Gasteiger partial charge is 0.326 e. The van der Waals surface area contributed by atoms with E-state index in [1.807, 2.05) is 31.0 Å². The number of primary amides is 1. The molecule has 0 bridgehead atoms. The van der Waals surface area contributed by atoms with Gasteiger partial charge in [-0.3, -0.25) is 53.5 Å². The quantitative estimate of drug-likeness (QED) is 0.0283. The van der Waals surface area contributed by atoms with Gasteiger partial charge in [0.1, 0.15) is 76.8 Å². The Morgan fingerprint density at radius 2 is 1.41 bits per heavy atom. The van der Waals surface area contributed by atoms with Crippen LogP contribution in [0.3, 0.4) is 0 Å². The first-order chi connectivity index (χ1) is 47.6. The van der Waals surface area contributed by atoms with Crippen LogP contribution >= 0.6 is 0 Å². The molecule has 5 heterocycles. The number of β-amino-alcohol motifs (C(OH)–C–C–N with tert-alkyl or cyclic N) is 1. The Morgan fingerprint density at radius 3 is 1.97 bits per heavy atom. The van der Waals surface area contributed by atoms with Gasteiger partial charge in [0.05, 0.1) is 18.1 Å². The number of ether oxygens (including phenoxy) is 2. The summed E-state index contributed by atoms with van der Waals surface area (Å²) in [5, 5.41) is 85.5. The van der Waals surface area contributed by atoms with Crippen LogP contribution in [0.1, 0.15) is 218 Å². The zero-order valence-corrected chi connectivity index (χ0v) is 59.2. The first-order valence-electron chi connectivity index (χ1n) is 35.4. The Kier molecular flexibility index (Phi) is 37.2. The molecule has 560 valence electrons. The summed E-state index contributed by atoms with van der Waals surface area (Å²) in [5.41, 5.74) is 6.03. The van der Waals surface area contributed by atoms with Crippen molar-refractivity contribution >= 4 is 64.2 Å². The number of pyridine rings is 1. The molecule has 3 aliphatic rings. The van der Waals surface area contributed by atoms with Crippen LogP contribution in [0.4, 0.5) is 0 Å². The number of hydrogen-bond donors (Lipinski definition) is 14. The number of carbonyl (C=O) groups is 9. The van der Waals surface area contributed by atoms with E-state index in [2.05, 4.69) is 43.8 Å². The van der Waals surface area contributed by atoms with Gasteiger partial charge in [-0.2, -0.15) is 0 Å². The molecule has 0 radical (unpaired) electrons. The fourth-order valence-electron chi connectivity index (χ4n) is 12.6. The van der Waals surface area contributed by atoms with Crippen molar-refractivity contribution in [1.82, 2.24) is 41.8 Å². The zero-order chi connectivity index (χ0) is 74.1. The van der Waals surface area contributed by atoms with Crippen molar-refractivity contribution in [2.45, 2.75) is 274 Å². The van der Waals surface area contributed by atoms with Crippen LogP contribution in [-0.2, 0) is 58.0 Å². The maximum Gasteiger partial charge on any atom is 0.326 e. The molecule has 3 aliphatic heterocycles. The van der Waals surface area contributed by atoms with Crippen molar-refractivity contribution in [2.24, 2.45) is 5.73 Å². The number of nitrogens with two attached hydrogens (primary N) is 1. The first kappa shape index (κ1) is 84.7. The molecule has 8 amide bonds. The number of nitrogens with one attached hydrogen (secondary N) is 6. The molecule has 3 saturated heterocycles. The number of piperidine rings is 2. The number of benzene rings is 1. The van der Waals surface area contributed by atoms with Crippen molar-refractivity contribution in [1.29, 1.82) is 0 Å². The molecule has 29 nitrogen and oxygen atoms in total. The number of nitrogens with zero attached hydrogens (tertiary/aromatic N) is 2. The molecule has 0 spiro atoms. The molecule has 0 saturated carbocycles. The third-order valence-corrected chi connectivity index (χ3v) is 18.5. The number of likely N-dealkylation sites (tertiary alicyclic amines) is 1. The molecular weight excluding hydrogens is 1300 g/mol. The number of fused-ring (bicyclic) bond motifs is 1. The van der Waals surface area contributed by atoms with Crippen molar-refractivity contribution in [3.63, 3.8) is 0 Å². The molecule has 29 heteroatoms. The second kappa shape index (κ2) is 43.9. The Hall–Kier alpha value is -7.67. The number of aliphatic hydroxyl groups excluding tert-OH is 4. The number of unbranched alkanes of at least 4 members (excludes halogenated alkanes) is 15. The number of aryl methyl sites for hydroxylation is 1. The topological polar surface area (TPSA) is 458 Å². The lowest BCUT2D eigenvalue weighted by Crippen LogP contribution is -2.65. The SMILES string of the molecule is CCC1(c2ccncc2)CCC(=O)NC1=O.CCCCCCCCCCCCCCCCCC(=O)NCCCC[C@H](NC(=O)CC[C@@H](NC(=O)[C@H](C)NC(=O)[C@@H](C)O[C@H]1C(O)[C@@H](CO)O[C@@H](O)[C@@H]1NC(C)=O)C(N)=O)C(=O)O.Cc1cc(=O)c2c(O)cc(O)c([C@H]3CCN(C)C[C@H]3O)c2o1. The highest BCUT2D eigenvalue weighted by molar-refractivity contribution is 6.03. The first-order valence-corrected chi connectivity index (χ1v) is 35.4. The van der Waals surface area contributed by atoms with Gasteiger partial charge >= 0.3 is 5.97 Å². The van der Waals surface area contributed by atoms with E-state index in [0.717, 1.165) is 44.4 Å². The van der Waals surface area contributed by atoms with E-state index in [0.29, 0.717) is 69.4 Å². The molecule has 2 unspecified atom stereocenters. The summed E-state index contributed by atoms with van der Waals surface area (Å²) in [6.07, 6.45) is 17.3. The summed E-state index contributed by atoms with van der Waals surface area (Å²) >= 11 is 0. The van der Waals surface area contributed by atoms with Crippen LogP contribution in [0.5, 0.6) is 11.5 Å². The van der Waals surface area contributed by atoms with E-state index in [1.165, 1.54) is 97.0 Å². The summed E-state index contributed by atoms with van der Waals surface area (Å²) in [7, 11) is 1.92. The number of aromatic hydroxyl groups is 2. The highest BCUT2D eigenvalue weighted by Gasteiger charge is 2.47. The van der Waals surface area contributed by atoms with Gasteiger partial charge in [-0.1, -0.05) is 104 Å². The van der Waals surface area contributed by atoms with Gasteiger partial charge in [-0.05, 0) is 103 Å². The number of aliphatic hydroxyl groups is 4. The average Bonchev–Trinajstić information content (AvgIpc) is 0.766. The number of phenolic OH excluding ortho intramolecular Hbond substituents is 2. The maximum absolute atomic E-state index is 12.9. The standard InChI is InChI=1S/C43H78N6O13.C16H19NO5.C12H14N2O2/c1-5-6-7-8-9-10-11-12-13-14-15-16-17-18-19-23-34(52)45-26-21-20-22-32(42(58)59)48-35(53)25-24-31(39(44)55)49-40(56)28(2)46-41(57)29(3)61-38-36(47-30(4)51)43(60)62-33(27-50)37(38)54;1-8-5-10(18)15-12(20)6-11(19)14(16(15)22-8)9-3-4-17(2)7-13(9)21;1-2-12(9-4-7-13-8-5-9)6-3-10(15)14-11(12)16/h28-29,31-33,36-38,43,50,54,60H,5-27H2,1-4H3,(H2,44,55)(H,45,52)(H,46,57)(H,47,51)(H,48,53)(H,49,56)(H,58,59);5-6,9,13,19-21H,3-4,7H2,1-2H3;4-5,7-8H,2-3,6H2,1H3,(H,14,15,16)/t28-,29+,31+,32-,33+,36+,37?,38+,43+;9-,13+;/m00./s1. The molecule has 12 atom stereocenters. The van der Waals surface area contributed by atoms with Gasteiger partial charge in [0.25, 0.3) is 0 Å². The van der Waals surface area contributed by atoms with Crippen LogP contribution < -0.4 is 43.1 Å². The highest BCUT2D eigenvalue weighted by Crippen LogP contribution is 2.42. The Balaban J connectivity index is 0.000000441. The third-order valence-electron chi connectivity index (χ3n) is 18.5. The summed E-state index contributed by atoms with van der Waals surface area (Å²) in [6.45, 7) is 10.5. The number of aromatic nitrogens is 1. The van der Waals surface area contributed by atoms with E-state index in [9.17, 15) is 83.7 Å². The fourth-order valence-corrected chi connectivity index (χ4v) is 12.6. The monoisotopic (exact) mass is 1410 g/mol. The third kappa shape index (κ3) is 27.4. The van der Waals surface area contributed by atoms with Crippen LogP contribution in [-0.4, -0.2) is 193 Å². The summed E-state index contributed by atoms with van der Waals surface area (Å²) < 4.78 is 16.4. The number of carboxylic acids is 1. The van der Waals surface area contributed by atoms with E-state index >= 15 is 0 Å². The minimum atomic E-state index is -1.68. The molecule has 0 aliphatic carbocycles. The van der Waals surface area contributed by atoms with Crippen molar-refractivity contribution < 1.29 is 92.8 Å². The van der Waals surface area contributed by atoms with Gasteiger partial charge in [0.15, 0.2) is 11.7 Å². The van der Waals surface area contributed by atoms with E-state index in [4.69, 9.17) is 19.6 Å². The number of amides is 8. The molecule has 6 rings (SSSR count). The average molecular weight is 1410 g/mol. The van der Waals surface area contributed by atoms with Crippen LogP contribution in [0.15, 0.2) is 45.9 Å². The van der Waals surface area contributed by atoms with E-state index in [-0.39, 0.29) is 70.8 Å². The lowest BCUT2D eigenvalue weighted by Gasteiger charge is -2.43. The lowest BCUT2D eigenvalue weighted by atomic mass is 9.72. The summed E-state index contributed by atoms with van der Waals surface area (Å²) in [4.78, 5) is 128. The summed E-state index contributed by atoms with van der Waals surface area (Å²) in [5.74, 6) is -6.04. The molecule has 15 N–H and O–H groups in total. The van der Waals surface area contributed by atoms with Crippen molar-refractivity contribution in [3.05, 3.63) is 63.8 Å². The number of hydrogen-bond acceptors (Lipinski definition) is 21. The molecule has 100 heavy (non-hydrogen) atoms. The second-order valence-electron chi connectivity index (χ2n) is 26.5. The van der Waals surface area contributed by atoms with Gasteiger partial charge in [0, 0.05) is 75.3 Å². The number of rotatable bonds is 38. The second-order valence-corrected chi connectivity index (χ2v) is 26.5. The van der Waals surface area contributed by atoms with E-state index in [1.54, 1.807) is 19.3 Å². The minimum Gasteiger partial charge on any atom is -0.507 e. The van der Waals surface area contributed by atoms with Crippen LogP contribution in [0.25, 0.3) is 11.0 Å². The number of likely N-dealkylation sites (N-methyl/N-ethyl adjacent to an activating group) is 1. The van der Waals surface area contributed by atoms with Gasteiger partial charge in [0.2, 0.25) is 47.3 Å². The molecule has 2 aromatic heterocycles. The predicted molar refractivity (Wildman–Crippen MR) is 370 cm³/mol. The Labute approximate surface area is 585 Å². The van der Waals surface area contributed by atoms with Crippen molar-refractivity contribution in [3.8, 4) is 11.5 Å². The van der Waals surface area contributed by atoms with Gasteiger partial charge in [-0.15, -0.1) is 0 Å². The Morgan fingerprint density at radius 1 is 0.790 bits per heavy atom. The van der Waals surface area contributed by atoms with Gasteiger partial charge < -0.3 is 86.9 Å². The molecule has 3 aromatic rings.